The molecule has 0 aromatic heterocycles. The van der Waals surface area contributed by atoms with Crippen LogP contribution in [0.25, 0.3) is 0 Å². The first-order valence-electron chi connectivity index (χ1n) is 3.68. The van der Waals surface area contributed by atoms with Gasteiger partial charge in [0, 0.05) is 12.0 Å². The lowest BCUT2D eigenvalue weighted by molar-refractivity contribution is -0.00447. The van der Waals surface area contributed by atoms with Crippen LogP contribution in [0.1, 0.15) is 12.8 Å². The number of hydrogen-bond acceptors (Lipinski definition) is 4. The Balaban J connectivity index is 3.84. The minimum atomic E-state index is -0.817. The molecule has 0 aliphatic heterocycles. The van der Waals surface area contributed by atoms with Gasteiger partial charge in [0.25, 0.3) is 0 Å². The zero-order valence-corrected chi connectivity index (χ0v) is 6.53. The predicted molar refractivity (Wildman–Crippen MR) is 40.0 cm³/mol. The number of hydrogen-bond donors (Lipinski definition) is 4. The van der Waals surface area contributed by atoms with Gasteiger partial charge in [0.1, 0.15) is 0 Å². The van der Waals surface area contributed by atoms with Gasteiger partial charge in [-0.2, -0.15) is 0 Å². The summed E-state index contributed by atoms with van der Waals surface area (Å²) in [5, 5.41) is 34.9. The highest BCUT2D eigenvalue weighted by molar-refractivity contribution is 4.76. The molecule has 0 aromatic carbocycles. The van der Waals surface area contributed by atoms with Crippen LogP contribution < -0.4 is 0 Å². The second kappa shape index (κ2) is 5.49. The molecule has 0 aliphatic rings. The number of rotatable bonds is 6. The topological polar surface area (TPSA) is 80.9 Å². The molecule has 0 fully saturated rings. The summed E-state index contributed by atoms with van der Waals surface area (Å²) >= 11 is 0. The molecule has 0 unspecified atom stereocenters. The summed E-state index contributed by atoms with van der Waals surface area (Å²) in [4.78, 5) is 0. The maximum atomic E-state index is 8.80. The van der Waals surface area contributed by atoms with Crippen molar-refractivity contribution >= 4 is 0 Å². The molecule has 0 spiro atoms. The van der Waals surface area contributed by atoms with Crippen molar-refractivity contribution in [2.75, 3.05) is 26.4 Å². The van der Waals surface area contributed by atoms with Gasteiger partial charge in [-0.25, -0.2) is 0 Å². The van der Waals surface area contributed by atoms with Crippen molar-refractivity contribution in [2.45, 2.75) is 12.8 Å². The van der Waals surface area contributed by atoms with E-state index in [-0.39, 0.29) is 26.4 Å². The summed E-state index contributed by atoms with van der Waals surface area (Å²) in [5.41, 5.74) is -0.817. The summed E-state index contributed by atoms with van der Waals surface area (Å²) in [5.74, 6) is 0. The molecule has 0 bridgehead atoms. The Morgan fingerprint density at radius 2 is 1.27 bits per heavy atom. The largest absolute Gasteiger partial charge is 0.396 e. The molecule has 4 nitrogen and oxygen atoms in total. The predicted octanol–water partition coefficient (Wildman–Crippen LogP) is -1.28. The normalized spacial score (nSPS) is 12.0. The molecule has 0 radical (unpaired) electrons. The van der Waals surface area contributed by atoms with Gasteiger partial charge < -0.3 is 20.4 Å². The van der Waals surface area contributed by atoms with Crippen LogP contribution in [-0.2, 0) is 0 Å². The fraction of sp³-hybridized carbons (Fsp3) is 1.00. The van der Waals surface area contributed by atoms with E-state index in [4.69, 9.17) is 20.4 Å². The van der Waals surface area contributed by atoms with Crippen molar-refractivity contribution in [1.29, 1.82) is 0 Å². The van der Waals surface area contributed by atoms with E-state index in [0.29, 0.717) is 12.8 Å². The summed E-state index contributed by atoms with van der Waals surface area (Å²) < 4.78 is 0. The Kier molecular flexibility index (Phi) is 5.41. The third-order valence-electron chi connectivity index (χ3n) is 1.87. The van der Waals surface area contributed by atoms with Gasteiger partial charge in [0.15, 0.2) is 0 Å². The minimum absolute atomic E-state index is 0.0156. The molecular weight excluding hydrogens is 148 g/mol. The second-order valence-corrected chi connectivity index (χ2v) is 2.80. The monoisotopic (exact) mass is 164 g/mol. The molecule has 0 amide bonds. The van der Waals surface area contributed by atoms with E-state index < -0.39 is 5.41 Å². The highest BCUT2D eigenvalue weighted by atomic mass is 16.3. The zero-order valence-electron chi connectivity index (χ0n) is 6.53. The molecule has 0 heterocycles. The fourth-order valence-electron chi connectivity index (χ4n) is 0.841. The first-order chi connectivity index (χ1) is 5.24. The maximum Gasteiger partial charge on any atom is 0.0531 e. The van der Waals surface area contributed by atoms with E-state index in [1.807, 2.05) is 0 Å². The molecule has 0 rings (SSSR count). The molecule has 4 heteroatoms. The Bertz CT molecular complexity index is 82.2. The summed E-state index contributed by atoms with van der Waals surface area (Å²) in [6, 6.07) is 0. The van der Waals surface area contributed by atoms with Crippen LogP contribution in [-0.4, -0.2) is 46.9 Å². The first-order valence-corrected chi connectivity index (χ1v) is 3.68. The molecule has 11 heavy (non-hydrogen) atoms. The van der Waals surface area contributed by atoms with Crippen molar-refractivity contribution in [1.82, 2.24) is 0 Å². The Morgan fingerprint density at radius 1 is 0.818 bits per heavy atom. The SMILES string of the molecule is OCCCC(CO)(CO)CO. The van der Waals surface area contributed by atoms with E-state index in [9.17, 15) is 0 Å². The molecule has 0 aromatic rings. The van der Waals surface area contributed by atoms with E-state index in [0.717, 1.165) is 0 Å². The third kappa shape index (κ3) is 3.16. The van der Waals surface area contributed by atoms with Gasteiger partial charge in [-0.15, -0.1) is 0 Å². The van der Waals surface area contributed by atoms with Crippen LogP contribution in [0.4, 0.5) is 0 Å². The first kappa shape index (κ1) is 10.8. The molecule has 0 atom stereocenters. The summed E-state index contributed by atoms with van der Waals surface area (Å²) in [6.45, 7) is -0.734. The van der Waals surface area contributed by atoms with E-state index in [1.54, 1.807) is 0 Å². The van der Waals surface area contributed by atoms with Crippen molar-refractivity contribution < 1.29 is 20.4 Å². The number of aliphatic hydroxyl groups is 4. The molecule has 4 N–H and O–H groups in total. The van der Waals surface area contributed by atoms with Gasteiger partial charge in [-0.1, -0.05) is 0 Å². The van der Waals surface area contributed by atoms with E-state index >= 15 is 0 Å². The summed E-state index contributed by atoms with van der Waals surface area (Å²) in [6.07, 6.45) is 0.925. The Labute approximate surface area is 66.1 Å². The van der Waals surface area contributed by atoms with Gasteiger partial charge >= 0.3 is 0 Å². The lowest BCUT2D eigenvalue weighted by Crippen LogP contribution is -2.34. The third-order valence-corrected chi connectivity index (χ3v) is 1.87. The Hall–Kier alpha value is -0.160. The van der Waals surface area contributed by atoms with Crippen LogP contribution in [0.5, 0.6) is 0 Å². The molecule has 0 aliphatic carbocycles. The maximum absolute atomic E-state index is 8.80. The highest BCUT2D eigenvalue weighted by Gasteiger charge is 2.26. The van der Waals surface area contributed by atoms with Crippen LogP contribution in [0.2, 0.25) is 0 Å². The Morgan fingerprint density at radius 3 is 1.55 bits per heavy atom. The van der Waals surface area contributed by atoms with Gasteiger partial charge in [0.05, 0.1) is 19.8 Å². The lowest BCUT2D eigenvalue weighted by atomic mass is 9.86. The van der Waals surface area contributed by atoms with Crippen molar-refractivity contribution in [3.63, 3.8) is 0 Å². The van der Waals surface area contributed by atoms with E-state index in [2.05, 4.69) is 0 Å². The average molecular weight is 164 g/mol. The van der Waals surface area contributed by atoms with Crippen molar-refractivity contribution in [3.8, 4) is 0 Å². The molecule has 68 valence electrons. The lowest BCUT2D eigenvalue weighted by Gasteiger charge is -2.26. The zero-order chi connectivity index (χ0) is 8.74. The van der Waals surface area contributed by atoms with Crippen molar-refractivity contribution in [3.05, 3.63) is 0 Å². The highest BCUT2D eigenvalue weighted by Crippen LogP contribution is 2.21. The van der Waals surface area contributed by atoms with Gasteiger partial charge in [-0.3, -0.25) is 0 Å². The van der Waals surface area contributed by atoms with Crippen LogP contribution in [0, 0.1) is 5.41 Å². The standard InChI is InChI=1S/C7H16O4/c8-3-1-2-7(4-9,5-10)6-11/h8-11H,1-6H2. The van der Waals surface area contributed by atoms with Crippen LogP contribution in [0.3, 0.4) is 0 Å². The van der Waals surface area contributed by atoms with Crippen molar-refractivity contribution in [2.24, 2.45) is 5.41 Å². The quantitative estimate of drug-likeness (QED) is 0.394. The van der Waals surface area contributed by atoms with Crippen LogP contribution in [0.15, 0.2) is 0 Å². The molecular formula is C7H16O4. The number of aliphatic hydroxyl groups excluding tert-OH is 4. The van der Waals surface area contributed by atoms with E-state index in [1.165, 1.54) is 0 Å². The second-order valence-electron chi connectivity index (χ2n) is 2.80. The average Bonchev–Trinajstić information content (AvgIpc) is 2.08. The van der Waals surface area contributed by atoms with Gasteiger partial charge in [-0.05, 0) is 12.8 Å². The van der Waals surface area contributed by atoms with Gasteiger partial charge in [0.2, 0.25) is 0 Å². The van der Waals surface area contributed by atoms with Crippen LogP contribution >= 0.6 is 0 Å². The smallest absolute Gasteiger partial charge is 0.0531 e. The summed E-state index contributed by atoms with van der Waals surface area (Å²) in [7, 11) is 0. The molecule has 0 saturated heterocycles. The minimum Gasteiger partial charge on any atom is -0.396 e. The fourth-order valence-corrected chi connectivity index (χ4v) is 0.841. The molecule has 0 saturated carbocycles.